The Morgan fingerprint density at radius 1 is 0.651 bits per heavy atom. The van der Waals surface area contributed by atoms with Gasteiger partial charge in [-0.1, -0.05) is 128 Å². The average molecular weight is 584 g/mol. The van der Waals surface area contributed by atoms with Gasteiger partial charge in [0.2, 0.25) is 0 Å². The molecule has 0 spiro atoms. The van der Waals surface area contributed by atoms with E-state index in [2.05, 4.69) is 56.6 Å². The summed E-state index contributed by atoms with van der Waals surface area (Å²) in [6.45, 7) is 4.57. The molecule has 1 aromatic heterocycles. The van der Waals surface area contributed by atoms with Crippen LogP contribution >= 0.6 is 0 Å². The van der Waals surface area contributed by atoms with Crippen LogP contribution in [0, 0.1) is 22.7 Å². The smallest absolute Gasteiger partial charge is 0.159 e. The van der Waals surface area contributed by atoms with Crippen molar-refractivity contribution in [2.45, 2.75) is 173 Å². The standard InChI is InChI=1S/C40H61N3/c1-3-5-7-9-11-12-14-16-33-17-19-35(20-18-33)38-30-42-39(43-31-38)37-23-21-34(22-24-37)36-25-28-40(32-41,29-26-36)27-15-13-10-8-6-4-2/h21-24,30-31,33,35-36H,3-20,25-29H2,1-2H3/t33-,35-,36-,40-. The molecule has 43 heavy (non-hydrogen) atoms. The molecule has 0 saturated heterocycles. The second kappa shape index (κ2) is 18.6. The molecule has 2 saturated carbocycles. The van der Waals surface area contributed by atoms with E-state index >= 15 is 0 Å². The largest absolute Gasteiger partial charge is 0.236 e. The molecule has 3 nitrogen and oxygen atoms in total. The Bertz CT molecular complexity index is 1050. The summed E-state index contributed by atoms with van der Waals surface area (Å²) >= 11 is 0. The Labute approximate surface area is 264 Å². The summed E-state index contributed by atoms with van der Waals surface area (Å²) in [5.74, 6) is 2.99. The van der Waals surface area contributed by atoms with Gasteiger partial charge >= 0.3 is 0 Å². The van der Waals surface area contributed by atoms with Crippen LogP contribution in [-0.4, -0.2) is 9.97 Å². The predicted octanol–water partition coefficient (Wildman–Crippen LogP) is 12.5. The summed E-state index contributed by atoms with van der Waals surface area (Å²) < 4.78 is 0. The minimum atomic E-state index is -0.0798. The van der Waals surface area contributed by atoms with Crippen molar-refractivity contribution in [2.75, 3.05) is 0 Å². The molecule has 0 unspecified atom stereocenters. The summed E-state index contributed by atoms with van der Waals surface area (Å²) in [7, 11) is 0. The van der Waals surface area contributed by atoms with E-state index in [0.717, 1.165) is 49.4 Å². The molecule has 0 radical (unpaired) electrons. The Kier molecular flexibility index (Phi) is 14.5. The van der Waals surface area contributed by atoms with Crippen LogP contribution in [-0.2, 0) is 0 Å². The third-order valence-electron chi connectivity index (χ3n) is 11.0. The monoisotopic (exact) mass is 583 g/mol. The van der Waals surface area contributed by atoms with Crippen LogP contribution in [0.4, 0.5) is 0 Å². The van der Waals surface area contributed by atoms with E-state index in [4.69, 9.17) is 9.97 Å². The molecule has 0 amide bonds. The zero-order valence-electron chi connectivity index (χ0n) is 27.8. The molecule has 2 fully saturated rings. The molecule has 0 aliphatic heterocycles. The van der Waals surface area contributed by atoms with E-state index < -0.39 is 0 Å². The van der Waals surface area contributed by atoms with Crippen LogP contribution in [0.3, 0.4) is 0 Å². The lowest BCUT2D eigenvalue weighted by atomic mass is 9.67. The Morgan fingerprint density at radius 2 is 1.19 bits per heavy atom. The molecule has 3 heteroatoms. The van der Waals surface area contributed by atoms with Crippen LogP contribution in [0.2, 0.25) is 0 Å². The van der Waals surface area contributed by atoms with Gasteiger partial charge in [0.05, 0.1) is 11.5 Å². The SMILES string of the molecule is CCCCCCCCC[C@H]1CC[C@H](c2cnc(-c3ccc([C@H]4CC[C@@](C#N)(CCCCCCCC)CC4)cc3)nc2)CC1. The van der Waals surface area contributed by atoms with Crippen molar-refractivity contribution in [3.63, 3.8) is 0 Å². The Hall–Kier alpha value is -2.21. The number of nitrogens with zero attached hydrogens (tertiary/aromatic N) is 3. The fourth-order valence-electron chi connectivity index (χ4n) is 7.94. The predicted molar refractivity (Wildman–Crippen MR) is 182 cm³/mol. The fourth-order valence-corrected chi connectivity index (χ4v) is 7.94. The summed E-state index contributed by atoms with van der Waals surface area (Å²) in [6.07, 6.45) is 34.2. The minimum Gasteiger partial charge on any atom is -0.236 e. The maximum absolute atomic E-state index is 10.0. The third-order valence-corrected chi connectivity index (χ3v) is 11.0. The second-order valence-corrected chi connectivity index (χ2v) is 14.3. The minimum absolute atomic E-state index is 0.0798. The summed E-state index contributed by atoms with van der Waals surface area (Å²) in [4.78, 5) is 9.62. The normalized spacial score (nSPS) is 24.1. The van der Waals surface area contributed by atoms with Gasteiger partial charge in [0, 0.05) is 18.0 Å². The highest BCUT2D eigenvalue weighted by Gasteiger charge is 2.35. The van der Waals surface area contributed by atoms with Crippen LogP contribution in [0.5, 0.6) is 0 Å². The molecule has 2 aliphatic rings. The van der Waals surface area contributed by atoms with Gasteiger partial charge < -0.3 is 0 Å². The molecular weight excluding hydrogens is 522 g/mol. The van der Waals surface area contributed by atoms with E-state index in [1.54, 1.807) is 0 Å². The topological polar surface area (TPSA) is 49.6 Å². The molecule has 1 heterocycles. The third kappa shape index (κ3) is 10.7. The lowest BCUT2D eigenvalue weighted by molar-refractivity contribution is 0.223. The number of hydrogen-bond donors (Lipinski definition) is 0. The summed E-state index contributed by atoms with van der Waals surface area (Å²) in [5.41, 5.74) is 3.78. The number of unbranched alkanes of at least 4 members (excludes halogenated alkanes) is 11. The molecule has 2 aromatic rings. The van der Waals surface area contributed by atoms with Gasteiger partial charge in [0.25, 0.3) is 0 Å². The van der Waals surface area contributed by atoms with E-state index in [0.29, 0.717) is 11.8 Å². The number of rotatable bonds is 18. The van der Waals surface area contributed by atoms with Gasteiger partial charge in [-0.15, -0.1) is 0 Å². The van der Waals surface area contributed by atoms with Gasteiger partial charge in [-0.3, -0.25) is 0 Å². The first-order valence-corrected chi connectivity index (χ1v) is 18.5. The van der Waals surface area contributed by atoms with Gasteiger partial charge in [-0.2, -0.15) is 5.26 Å². The lowest BCUT2D eigenvalue weighted by Crippen LogP contribution is -2.25. The lowest BCUT2D eigenvalue weighted by Gasteiger charge is -2.35. The van der Waals surface area contributed by atoms with Crippen molar-refractivity contribution in [1.29, 1.82) is 5.26 Å². The maximum atomic E-state index is 10.0. The quantitative estimate of drug-likeness (QED) is 0.164. The molecule has 0 bridgehead atoms. The van der Waals surface area contributed by atoms with E-state index in [1.165, 1.54) is 127 Å². The molecule has 1 aromatic carbocycles. The first-order chi connectivity index (χ1) is 21.2. The fraction of sp³-hybridized carbons (Fsp3) is 0.725. The van der Waals surface area contributed by atoms with Crippen LogP contribution in [0.15, 0.2) is 36.7 Å². The highest BCUT2D eigenvalue weighted by molar-refractivity contribution is 5.55. The number of aromatic nitrogens is 2. The van der Waals surface area contributed by atoms with Gasteiger partial charge in [0.15, 0.2) is 5.82 Å². The molecule has 4 rings (SSSR count). The van der Waals surface area contributed by atoms with Crippen molar-refractivity contribution < 1.29 is 0 Å². The van der Waals surface area contributed by atoms with Crippen LogP contribution < -0.4 is 0 Å². The molecular formula is C40H61N3. The highest BCUT2D eigenvalue weighted by atomic mass is 14.9. The Morgan fingerprint density at radius 3 is 1.77 bits per heavy atom. The maximum Gasteiger partial charge on any atom is 0.159 e. The highest BCUT2D eigenvalue weighted by Crippen LogP contribution is 2.46. The van der Waals surface area contributed by atoms with E-state index in [1.807, 2.05) is 0 Å². The van der Waals surface area contributed by atoms with Crippen molar-refractivity contribution in [3.8, 4) is 17.5 Å². The van der Waals surface area contributed by atoms with Gasteiger partial charge in [-0.05, 0) is 86.7 Å². The first kappa shape index (κ1) is 33.7. The second-order valence-electron chi connectivity index (χ2n) is 14.3. The zero-order chi connectivity index (χ0) is 30.2. The van der Waals surface area contributed by atoms with Crippen LogP contribution in [0.1, 0.15) is 184 Å². The number of hydrogen-bond acceptors (Lipinski definition) is 3. The number of benzene rings is 1. The van der Waals surface area contributed by atoms with Crippen molar-refractivity contribution in [3.05, 3.63) is 47.8 Å². The molecule has 236 valence electrons. The van der Waals surface area contributed by atoms with E-state index in [-0.39, 0.29) is 5.41 Å². The van der Waals surface area contributed by atoms with Crippen molar-refractivity contribution in [2.24, 2.45) is 11.3 Å². The molecule has 2 aliphatic carbocycles. The molecule has 0 N–H and O–H groups in total. The van der Waals surface area contributed by atoms with Crippen molar-refractivity contribution in [1.82, 2.24) is 9.97 Å². The van der Waals surface area contributed by atoms with Gasteiger partial charge in [0.1, 0.15) is 0 Å². The average Bonchev–Trinajstić information content (AvgIpc) is 3.07. The zero-order valence-corrected chi connectivity index (χ0v) is 27.8. The van der Waals surface area contributed by atoms with Crippen molar-refractivity contribution >= 4 is 0 Å². The Balaban J connectivity index is 1.18. The molecule has 0 atom stereocenters. The van der Waals surface area contributed by atoms with Gasteiger partial charge in [-0.25, -0.2) is 9.97 Å². The summed E-state index contributed by atoms with van der Waals surface area (Å²) in [5, 5.41) is 10.0. The number of nitriles is 1. The van der Waals surface area contributed by atoms with Crippen LogP contribution in [0.25, 0.3) is 11.4 Å². The van der Waals surface area contributed by atoms with E-state index in [9.17, 15) is 5.26 Å². The first-order valence-electron chi connectivity index (χ1n) is 18.5. The summed E-state index contributed by atoms with van der Waals surface area (Å²) in [6, 6.07) is 11.8.